The van der Waals surface area contributed by atoms with Crippen molar-refractivity contribution in [1.82, 2.24) is 0 Å². The van der Waals surface area contributed by atoms with Crippen molar-refractivity contribution in [3.05, 3.63) is 29.6 Å². The molecular formula is C13H17FO2. The standard InChI is InChI=1S/C13H17FO2/c1-4-5-9(2)13(15)11-7-6-10(16-3)8-12(11)14/h6-9H,4-5H2,1-3H3. The Bertz CT molecular complexity index is 374. The van der Waals surface area contributed by atoms with Gasteiger partial charge in [0.1, 0.15) is 11.6 Å². The summed E-state index contributed by atoms with van der Waals surface area (Å²) in [6.07, 6.45) is 1.70. The summed E-state index contributed by atoms with van der Waals surface area (Å²) in [5, 5.41) is 0. The average molecular weight is 224 g/mol. The topological polar surface area (TPSA) is 26.3 Å². The molecule has 0 spiro atoms. The normalized spacial score (nSPS) is 12.2. The molecule has 88 valence electrons. The first-order valence-corrected chi connectivity index (χ1v) is 5.47. The average Bonchev–Trinajstić information content (AvgIpc) is 2.28. The molecule has 0 aliphatic heterocycles. The van der Waals surface area contributed by atoms with Crippen LogP contribution in [0.25, 0.3) is 0 Å². The van der Waals surface area contributed by atoms with Crippen molar-refractivity contribution in [2.45, 2.75) is 26.7 Å². The van der Waals surface area contributed by atoms with Gasteiger partial charge >= 0.3 is 0 Å². The minimum atomic E-state index is -0.507. The molecule has 1 unspecified atom stereocenters. The number of carbonyl (C=O) groups is 1. The van der Waals surface area contributed by atoms with Gasteiger partial charge in [-0.05, 0) is 18.6 Å². The number of ketones is 1. The van der Waals surface area contributed by atoms with Crippen LogP contribution in [0.3, 0.4) is 0 Å². The number of benzene rings is 1. The fraction of sp³-hybridized carbons (Fsp3) is 0.462. The van der Waals surface area contributed by atoms with Crippen LogP contribution in [-0.2, 0) is 0 Å². The second-order valence-corrected chi connectivity index (χ2v) is 3.90. The van der Waals surface area contributed by atoms with E-state index in [0.29, 0.717) is 5.75 Å². The molecule has 1 rings (SSSR count). The summed E-state index contributed by atoms with van der Waals surface area (Å²) in [5.41, 5.74) is 0.154. The second kappa shape index (κ2) is 5.64. The van der Waals surface area contributed by atoms with E-state index in [2.05, 4.69) is 0 Å². The highest BCUT2D eigenvalue weighted by molar-refractivity contribution is 5.97. The Labute approximate surface area is 95.4 Å². The van der Waals surface area contributed by atoms with Crippen LogP contribution in [0.2, 0.25) is 0 Å². The van der Waals surface area contributed by atoms with Crippen LogP contribution in [-0.4, -0.2) is 12.9 Å². The molecule has 1 atom stereocenters. The number of halogens is 1. The molecule has 3 heteroatoms. The van der Waals surface area contributed by atoms with E-state index in [1.807, 2.05) is 13.8 Å². The predicted molar refractivity (Wildman–Crippen MR) is 61.4 cm³/mol. The molecule has 0 N–H and O–H groups in total. The summed E-state index contributed by atoms with van der Waals surface area (Å²) >= 11 is 0. The number of Topliss-reactive ketones (excluding diaryl/α,β-unsaturated/α-hetero) is 1. The Kier molecular flexibility index (Phi) is 4.47. The quantitative estimate of drug-likeness (QED) is 0.716. The number of methoxy groups -OCH3 is 1. The van der Waals surface area contributed by atoms with Gasteiger partial charge in [-0.15, -0.1) is 0 Å². The smallest absolute Gasteiger partial charge is 0.168 e. The third-order valence-corrected chi connectivity index (χ3v) is 2.61. The Balaban J connectivity index is 2.91. The number of hydrogen-bond acceptors (Lipinski definition) is 2. The highest BCUT2D eigenvalue weighted by Gasteiger charge is 2.18. The third kappa shape index (κ3) is 2.81. The minimum absolute atomic E-state index is 0.132. The van der Waals surface area contributed by atoms with Crippen LogP contribution in [0.4, 0.5) is 4.39 Å². The molecule has 0 radical (unpaired) electrons. The highest BCUT2D eigenvalue weighted by atomic mass is 19.1. The van der Waals surface area contributed by atoms with Gasteiger partial charge in [0.15, 0.2) is 5.78 Å². The van der Waals surface area contributed by atoms with E-state index in [0.717, 1.165) is 12.8 Å². The van der Waals surface area contributed by atoms with Gasteiger partial charge in [0.05, 0.1) is 12.7 Å². The summed E-state index contributed by atoms with van der Waals surface area (Å²) in [6, 6.07) is 4.34. The molecule has 0 aliphatic rings. The van der Waals surface area contributed by atoms with Gasteiger partial charge in [-0.3, -0.25) is 4.79 Å². The van der Waals surface area contributed by atoms with Crippen LogP contribution >= 0.6 is 0 Å². The molecule has 0 bridgehead atoms. The zero-order valence-corrected chi connectivity index (χ0v) is 9.92. The largest absolute Gasteiger partial charge is 0.497 e. The van der Waals surface area contributed by atoms with E-state index in [9.17, 15) is 9.18 Å². The van der Waals surface area contributed by atoms with Crippen molar-refractivity contribution in [3.8, 4) is 5.75 Å². The Hall–Kier alpha value is -1.38. The SMILES string of the molecule is CCCC(C)C(=O)c1ccc(OC)cc1F. The highest BCUT2D eigenvalue weighted by Crippen LogP contribution is 2.20. The first-order chi connectivity index (χ1) is 7.60. The fourth-order valence-corrected chi connectivity index (χ4v) is 1.65. The lowest BCUT2D eigenvalue weighted by Gasteiger charge is -2.10. The lowest BCUT2D eigenvalue weighted by atomic mass is 9.95. The van der Waals surface area contributed by atoms with Crippen LogP contribution in [0.1, 0.15) is 37.0 Å². The molecule has 0 fully saturated rings. The zero-order chi connectivity index (χ0) is 12.1. The molecule has 0 aromatic heterocycles. The van der Waals surface area contributed by atoms with Gasteiger partial charge in [-0.1, -0.05) is 20.3 Å². The monoisotopic (exact) mass is 224 g/mol. The van der Waals surface area contributed by atoms with E-state index in [-0.39, 0.29) is 17.3 Å². The van der Waals surface area contributed by atoms with E-state index in [1.54, 1.807) is 6.07 Å². The number of ether oxygens (including phenoxy) is 1. The molecule has 16 heavy (non-hydrogen) atoms. The zero-order valence-electron chi connectivity index (χ0n) is 9.92. The number of hydrogen-bond donors (Lipinski definition) is 0. The van der Waals surface area contributed by atoms with E-state index in [4.69, 9.17) is 4.74 Å². The molecule has 0 saturated heterocycles. The maximum Gasteiger partial charge on any atom is 0.168 e. The van der Waals surface area contributed by atoms with Crippen molar-refractivity contribution >= 4 is 5.78 Å². The Morgan fingerprint density at radius 2 is 2.19 bits per heavy atom. The summed E-state index contributed by atoms with van der Waals surface area (Å²) in [7, 11) is 1.47. The molecule has 0 amide bonds. The van der Waals surface area contributed by atoms with E-state index in [1.165, 1.54) is 19.2 Å². The summed E-state index contributed by atoms with van der Waals surface area (Å²) in [6.45, 7) is 3.84. The molecular weight excluding hydrogens is 207 g/mol. The maximum absolute atomic E-state index is 13.6. The van der Waals surface area contributed by atoms with Crippen molar-refractivity contribution in [3.63, 3.8) is 0 Å². The van der Waals surface area contributed by atoms with Crippen LogP contribution in [0.15, 0.2) is 18.2 Å². The van der Waals surface area contributed by atoms with Crippen LogP contribution in [0, 0.1) is 11.7 Å². The molecule has 2 nitrogen and oxygen atoms in total. The van der Waals surface area contributed by atoms with Gasteiger partial charge in [0, 0.05) is 12.0 Å². The lowest BCUT2D eigenvalue weighted by molar-refractivity contribution is 0.0919. The van der Waals surface area contributed by atoms with Gasteiger partial charge in [-0.2, -0.15) is 0 Å². The minimum Gasteiger partial charge on any atom is -0.497 e. The van der Waals surface area contributed by atoms with Gasteiger partial charge in [0.25, 0.3) is 0 Å². The molecule has 0 aliphatic carbocycles. The molecule has 0 saturated carbocycles. The van der Waals surface area contributed by atoms with Crippen molar-refractivity contribution < 1.29 is 13.9 Å². The predicted octanol–water partition coefficient (Wildman–Crippen LogP) is 3.45. The summed E-state index contributed by atoms with van der Waals surface area (Å²) < 4.78 is 18.5. The second-order valence-electron chi connectivity index (χ2n) is 3.90. The summed E-state index contributed by atoms with van der Waals surface area (Å²) in [4.78, 5) is 11.9. The first kappa shape index (κ1) is 12.7. The number of carbonyl (C=O) groups excluding carboxylic acids is 1. The maximum atomic E-state index is 13.6. The Morgan fingerprint density at radius 3 is 2.69 bits per heavy atom. The molecule has 1 aromatic rings. The fourth-order valence-electron chi connectivity index (χ4n) is 1.65. The molecule has 1 aromatic carbocycles. The van der Waals surface area contributed by atoms with Crippen molar-refractivity contribution in [2.24, 2.45) is 5.92 Å². The van der Waals surface area contributed by atoms with Crippen molar-refractivity contribution in [2.75, 3.05) is 7.11 Å². The number of rotatable bonds is 5. The van der Waals surface area contributed by atoms with Crippen molar-refractivity contribution in [1.29, 1.82) is 0 Å². The lowest BCUT2D eigenvalue weighted by Crippen LogP contribution is -2.12. The van der Waals surface area contributed by atoms with Gasteiger partial charge in [-0.25, -0.2) is 4.39 Å². The Morgan fingerprint density at radius 1 is 1.50 bits per heavy atom. The van der Waals surface area contributed by atoms with E-state index < -0.39 is 5.82 Å². The van der Waals surface area contributed by atoms with Crippen LogP contribution < -0.4 is 4.74 Å². The molecule has 0 heterocycles. The summed E-state index contributed by atoms with van der Waals surface area (Å²) in [5.74, 6) is -0.348. The first-order valence-electron chi connectivity index (χ1n) is 5.47. The van der Waals surface area contributed by atoms with E-state index >= 15 is 0 Å². The van der Waals surface area contributed by atoms with Gasteiger partial charge in [0.2, 0.25) is 0 Å². The van der Waals surface area contributed by atoms with Crippen LogP contribution in [0.5, 0.6) is 5.75 Å². The third-order valence-electron chi connectivity index (χ3n) is 2.61. The van der Waals surface area contributed by atoms with Gasteiger partial charge < -0.3 is 4.74 Å².